The largest absolute Gasteiger partial charge is 0.330 e. The van der Waals surface area contributed by atoms with Gasteiger partial charge < -0.3 is 15.2 Å². The first-order valence-electron chi connectivity index (χ1n) is 13.1. The van der Waals surface area contributed by atoms with E-state index in [0.29, 0.717) is 42.2 Å². The van der Waals surface area contributed by atoms with Crippen LogP contribution in [-0.4, -0.2) is 42.2 Å². The van der Waals surface area contributed by atoms with Crippen LogP contribution in [0.1, 0.15) is 48.1 Å². The quantitative estimate of drug-likeness (QED) is 0.213. The lowest BCUT2D eigenvalue weighted by Gasteiger charge is -2.34. The second-order valence-electron chi connectivity index (χ2n) is 9.88. The molecule has 0 radical (unpaired) electrons. The first-order valence-corrected chi connectivity index (χ1v) is 14.2. The van der Waals surface area contributed by atoms with Crippen LogP contribution in [0.4, 0.5) is 0 Å². The van der Waals surface area contributed by atoms with E-state index in [0.717, 1.165) is 39.9 Å². The molecule has 0 saturated heterocycles. The van der Waals surface area contributed by atoms with Gasteiger partial charge in [0.15, 0.2) is 0 Å². The molecule has 2 N–H and O–H groups in total. The predicted molar refractivity (Wildman–Crippen MR) is 158 cm³/mol. The van der Waals surface area contributed by atoms with Gasteiger partial charge in [0.1, 0.15) is 16.9 Å². The molecule has 0 aliphatic heterocycles. The maximum Gasteiger partial charge on any atom is 0.256 e. The molecule has 0 aliphatic carbocycles. The number of carbonyl (C=O) groups is 1. The molecular weight excluding hydrogens is 528 g/mol. The van der Waals surface area contributed by atoms with E-state index >= 15 is 0 Å². The summed E-state index contributed by atoms with van der Waals surface area (Å²) in [6, 6.07) is 23.2. The fourth-order valence-electron chi connectivity index (χ4n) is 4.92. The first-order chi connectivity index (χ1) is 19.0. The summed E-state index contributed by atoms with van der Waals surface area (Å²) in [4.78, 5) is 21.3. The zero-order chi connectivity index (χ0) is 27.4. The van der Waals surface area contributed by atoms with E-state index in [2.05, 4.69) is 45.5 Å². The first kappa shape index (κ1) is 27.0. The average Bonchev–Trinajstić information content (AvgIpc) is 3.58. The smallest absolute Gasteiger partial charge is 0.256 e. The number of halogens is 1. The zero-order valence-electron chi connectivity index (χ0n) is 22.0. The number of hydrogen-bond donors (Lipinski definition) is 1. The summed E-state index contributed by atoms with van der Waals surface area (Å²) < 4.78 is 10.9. The van der Waals surface area contributed by atoms with Gasteiger partial charge >= 0.3 is 0 Å². The lowest BCUT2D eigenvalue weighted by Crippen LogP contribution is -2.40. The monoisotopic (exact) mass is 558 g/mol. The lowest BCUT2D eigenvalue weighted by atomic mass is 9.99. The third kappa shape index (κ3) is 5.88. The molecule has 1 amide bonds. The van der Waals surface area contributed by atoms with Gasteiger partial charge in [0.05, 0.1) is 29.0 Å². The van der Waals surface area contributed by atoms with Gasteiger partial charge in [0, 0.05) is 29.9 Å². The van der Waals surface area contributed by atoms with Gasteiger partial charge in [0.2, 0.25) is 0 Å². The molecule has 7 nitrogen and oxygen atoms in total. The molecule has 2 heterocycles. The number of rotatable bonds is 10. The van der Waals surface area contributed by atoms with Crippen molar-refractivity contribution < 1.29 is 4.79 Å². The Morgan fingerprint density at radius 1 is 1.05 bits per heavy atom. The second-order valence-corrected chi connectivity index (χ2v) is 10.8. The van der Waals surface area contributed by atoms with Crippen LogP contribution in [-0.2, 0) is 6.54 Å². The van der Waals surface area contributed by atoms with Crippen LogP contribution in [0.3, 0.4) is 0 Å². The standard InChI is InChI=1S/C30H31ClN6OS/c1-20(2)28(37(16-8-15-32)30(38)24-13-7-14-25-27(24)35-39-34-25)29-33-26(22-11-6-12-23(31)17-22)19-36(29)18-21-9-4-3-5-10-21/h3-7,9-14,17,19-20,28H,8,15-16,18,32H2,1-2H3. The molecule has 3 aromatic carbocycles. The number of aromatic nitrogens is 4. The van der Waals surface area contributed by atoms with Crippen LogP contribution in [0.15, 0.2) is 79.0 Å². The Bertz CT molecular complexity index is 1560. The van der Waals surface area contributed by atoms with Crippen molar-refractivity contribution in [2.24, 2.45) is 11.7 Å². The molecule has 9 heteroatoms. The highest BCUT2D eigenvalue weighted by molar-refractivity contribution is 7.00. The molecule has 0 saturated carbocycles. The van der Waals surface area contributed by atoms with Crippen molar-refractivity contribution in [2.75, 3.05) is 13.1 Å². The molecule has 0 aliphatic rings. The Kier molecular flexibility index (Phi) is 8.35. The van der Waals surface area contributed by atoms with E-state index < -0.39 is 0 Å². The van der Waals surface area contributed by atoms with E-state index in [1.165, 1.54) is 0 Å². The molecule has 39 heavy (non-hydrogen) atoms. The van der Waals surface area contributed by atoms with E-state index in [1.54, 1.807) is 0 Å². The number of nitrogens with zero attached hydrogens (tertiary/aromatic N) is 5. The van der Waals surface area contributed by atoms with Crippen LogP contribution in [0.2, 0.25) is 5.02 Å². The Morgan fingerprint density at radius 2 is 1.85 bits per heavy atom. The van der Waals surface area contributed by atoms with Gasteiger partial charge in [-0.3, -0.25) is 4.79 Å². The van der Waals surface area contributed by atoms with Crippen molar-refractivity contribution in [1.82, 2.24) is 23.2 Å². The molecule has 0 fully saturated rings. The topological polar surface area (TPSA) is 89.9 Å². The summed E-state index contributed by atoms with van der Waals surface area (Å²) in [6.07, 6.45) is 2.72. The van der Waals surface area contributed by atoms with Crippen LogP contribution < -0.4 is 5.73 Å². The minimum absolute atomic E-state index is 0.0728. The van der Waals surface area contributed by atoms with Crippen LogP contribution in [0, 0.1) is 5.92 Å². The molecular formula is C30H31ClN6OS. The molecule has 200 valence electrons. The van der Waals surface area contributed by atoms with Crippen LogP contribution >= 0.6 is 23.3 Å². The molecule has 0 bridgehead atoms. The van der Waals surface area contributed by atoms with Crippen molar-refractivity contribution in [1.29, 1.82) is 0 Å². The molecule has 1 atom stereocenters. The second kappa shape index (κ2) is 12.1. The maximum absolute atomic E-state index is 14.2. The van der Waals surface area contributed by atoms with Crippen molar-refractivity contribution >= 4 is 40.3 Å². The third-order valence-electron chi connectivity index (χ3n) is 6.74. The SMILES string of the molecule is CC(C)C(c1nc(-c2cccc(Cl)c2)cn1Cc1ccccc1)N(CCCN)C(=O)c1cccc2nsnc12. The Labute approximate surface area is 237 Å². The highest BCUT2D eigenvalue weighted by Gasteiger charge is 2.33. The third-order valence-corrected chi connectivity index (χ3v) is 7.51. The van der Waals surface area contributed by atoms with Gasteiger partial charge in [-0.25, -0.2) is 4.98 Å². The summed E-state index contributed by atoms with van der Waals surface area (Å²) in [5.41, 5.74) is 10.7. The van der Waals surface area contributed by atoms with Gasteiger partial charge in [-0.1, -0.05) is 74.0 Å². The van der Waals surface area contributed by atoms with Crippen molar-refractivity contribution in [3.8, 4) is 11.3 Å². The zero-order valence-corrected chi connectivity index (χ0v) is 23.6. The number of hydrogen-bond acceptors (Lipinski definition) is 6. The predicted octanol–water partition coefficient (Wildman–Crippen LogP) is 6.44. The number of fused-ring (bicyclic) bond motifs is 1. The maximum atomic E-state index is 14.2. The van der Waals surface area contributed by atoms with Crippen molar-refractivity contribution in [3.05, 3.63) is 101 Å². The number of benzene rings is 3. The summed E-state index contributed by atoms with van der Waals surface area (Å²) in [5, 5.41) is 0.650. The fourth-order valence-corrected chi connectivity index (χ4v) is 5.66. The normalized spacial score (nSPS) is 12.2. The van der Waals surface area contributed by atoms with Gasteiger partial charge in [0.25, 0.3) is 5.91 Å². The highest BCUT2D eigenvalue weighted by atomic mass is 35.5. The van der Waals surface area contributed by atoms with Gasteiger partial charge in [-0.15, -0.1) is 0 Å². The Hall–Kier alpha value is -3.59. The number of imidazole rings is 1. The van der Waals surface area contributed by atoms with Crippen molar-refractivity contribution in [2.45, 2.75) is 32.9 Å². The minimum atomic E-state index is -0.303. The number of amides is 1. The molecule has 0 spiro atoms. The molecule has 2 aromatic heterocycles. The number of nitrogens with two attached hydrogens (primary N) is 1. The van der Waals surface area contributed by atoms with E-state index in [-0.39, 0.29) is 17.9 Å². The lowest BCUT2D eigenvalue weighted by molar-refractivity contribution is 0.0606. The van der Waals surface area contributed by atoms with Crippen LogP contribution in [0.5, 0.6) is 0 Å². The highest BCUT2D eigenvalue weighted by Crippen LogP contribution is 2.34. The fraction of sp³-hybridized carbons (Fsp3) is 0.267. The van der Waals surface area contributed by atoms with Gasteiger partial charge in [-0.05, 0) is 48.7 Å². The van der Waals surface area contributed by atoms with E-state index in [1.807, 2.05) is 65.6 Å². The van der Waals surface area contributed by atoms with E-state index in [9.17, 15) is 4.79 Å². The Balaban J connectivity index is 1.63. The summed E-state index contributed by atoms with van der Waals surface area (Å²) in [7, 11) is 0. The van der Waals surface area contributed by atoms with Gasteiger partial charge in [-0.2, -0.15) is 8.75 Å². The number of carbonyl (C=O) groups excluding carboxylic acids is 1. The average molecular weight is 559 g/mol. The van der Waals surface area contributed by atoms with Crippen molar-refractivity contribution in [3.63, 3.8) is 0 Å². The molecule has 5 aromatic rings. The minimum Gasteiger partial charge on any atom is -0.330 e. The van der Waals surface area contributed by atoms with Crippen LogP contribution in [0.25, 0.3) is 22.3 Å². The summed E-state index contributed by atoms with van der Waals surface area (Å²) in [5.74, 6) is 0.792. The summed E-state index contributed by atoms with van der Waals surface area (Å²) in [6.45, 7) is 5.84. The van der Waals surface area contributed by atoms with E-state index in [4.69, 9.17) is 22.3 Å². The molecule has 1 unspecified atom stereocenters. The molecule has 5 rings (SSSR count). The summed E-state index contributed by atoms with van der Waals surface area (Å²) >= 11 is 7.44. The Morgan fingerprint density at radius 3 is 2.59 bits per heavy atom.